The van der Waals surface area contributed by atoms with Crippen LogP contribution >= 0.6 is 0 Å². The van der Waals surface area contributed by atoms with Crippen molar-refractivity contribution < 1.29 is 14.3 Å². The summed E-state index contributed by atoms with van der Waals surface area (Å²) in [5, 5.41) is 11.8. The van der Waals surface area contributed by atoms with Crippen molar-refractivity contribution in [3.05, 3.63) is 52.1 Å². The van der Waals surface area contributed by atoms with Crippen LogP contribution in [0.4, 0.5) is 4.79 Å². The number of hydrogen-bond donors (Lipinski definition) is 1. The van der Waals surface area contributed by atoms with E-state index in [1.165, 1.54) is 14.8 Å². The lowest BCUT2D eigenvalue weighted by atomic mass is 10.1. The van der Waals surface area contributed by atoms with E-state index in [4.69, 9.17) is 4.74 Å². The van der Waals surface area contributed by atoms with Gasteiger partial charge in [-0.3, -0.25) is 9.59 Å². The van der Waals surface area contributed by atoms with E-state index < -0.39 is 0 Å². The van der Waals surface area contributed by atoms with Gasteiger partial charge in [0.25, 0.3) is 5.56 Å². The van der Waals surface area contributed by atoms with Crippen LogP contribution in [0.1, 0.15) is 38.1 Å². The molecule has 0 unspecified atom stereocenters. The van der Waals surface area contributed by atoms with Crippen molar-refractivity contribution in [3.63, 3.8) is 0 Å². The van der Waals surface area contributed by atoms with E-state index in [0.717, 1.165) is 12.0 Å². The first kappa shape index (κ1) is 23.5. The number of ether oxygens (including phenoxy) is 1. The second-order valence-electron chi connectivity index (χ2n) is 8.41. The summed E-state index contributed by atoms with van der Waals surface area (Å²) in [7, 11) is 0. The summed E-state index contributed by atoms with van der Waals surface area (Å²) in [6.45, 7) is 6.82. The zero-order chi connectivity index (χ0) is 24.2. The standard InChI is InChI=1S/C24H30N6O4/c1-4-17-6-8-18(9-7-17)20-14-21-23(32)29(26-16(3)30(21)27-20)15-22(31)25-19-10-12-28(13-11-19)24(33)34-5-2/h6-9,14,19H,4-5,10-13,15H2,1-3H3,(H,25,31). The van der Waals surface area contributed by atoms with Crippen molar-refractivity contribution in [2.75, 3.05) is 19.7 Å². The molecule has 0 saturated carbocycles. The first-order valence-electron chi connectivity index (χ1n) is 11.7. The highest BCUT2D eigenvalue weighted by molar-refractivity contribution is 5.76. The maximum Gasteiger partial charge on any atom is 0.409 e. The fraction of sp³-hybridized carbons (Fsp3) is 0.458. The second kappa shape index (κ2) is 10.1. The van der Waals surface area contributed by atoms with E-state index >= 15 is 0 Å². The third-order valence-corrected chi connectivity index (χ3v) is 6.07. The summed E-state index contributed by atoms with van der Waals surface area (Å²) < 4.78 is 7.72. The summed E-state index contributed by atoms with van der Waals surface area (Å²) >= 11 is 0. The van der Waals surface area contributed by atoms with Crippen LogP contribution in [0.5, 0.6) is 0 Å². The highest BCUT2D eigenvalue weighted by atomic mass is 16.6. The van der Waals surface area contributed by atoms with E-state index in [1.54, 1.807) is 24.8 Å². The van der Waals surface area contributed by atoms with Gasteiger partial charge in [0.05, 0.1) is 12.3 Å². The predicted octanol–water partition coefficient (Wildman–Crippen LogP) is 2.17. The Kier molecular flexibility index (Phi) is 6.95. The van der Waals surface area contributed by atoms with Crippen LogP contribution in [0.25, 0.3) is 16.8 Å². The Morgan fingerprint density at radius 2 is 1.82 bits per heavy atom. The van der Waals surface area contributed by atoms with Crippen LogP contribution in [0, 0.1) is 6.92 Å². The largest absolute Gasteiger partial charge is 0.450 e. The number of amides is 2. The van der Waals surface area contributed by atoms with E-state index in [0.29, 0.717) is 49.6 Å². The van der Waals surface area contributed by atoms with Crippen molar-refractivity contribution in [1.82, 2.24) is 29.6 Å². The Labute approximate surface area is 197 Å². The summed E-state index contributed by atoms with van der Waals surface area (Å²) in [6, 6.07) is 9.74. The monoisotopic (exact) mass is 466 g/mol. The molecule has 1 saturated heterocycles. The summed E-state index contributed by atoms with van der Waals surface area (Å²) in [5.74, 6) is 0.226. The highest BCUT2D eigenvalue weighted by Crippen LogP contribution is 2.20. The zero-order valence-electron chi connectivity index (χ0n) is 19.8. The van der Waals surface area contributed by atoms with E-state index in [-0.39, 0.29) is 30.1 Å². The molecule has 4 rings (SSSR count). The SMILES string of the molecule is CCOC(=O)N1CCC(NC(=O)Cn2nc(C)n3nc(-c4ccc(CC)cc4)cc3c2=O)CC1. The van der Waals surface area contributed by atoms with Crippen LogP contribution < -0.4 is 10.9 Å². The Bertz CT molecular complexity index is 1240. The van der Waals surface area contributed by atoms with Gasteiger partial charge in [-0.1, -0.05) is 31.2 Å². The molecule has 1 aliphatic heterocycles. The second-order valence-corrected chi connectivity index (χ2v) is 8.41. The van der Waals surface area contributed by atoms with Gasteiger partial charge in [-0.25, -0.2) is 14.0 Å². The normalized spacial score (nSPS) is 14.4. The van der Waals surface area contributed by atoms with Gasteiger partial charge in [0.15, 0.2) is 0 Å². The maximum absolute atomic E-state index is 13.0. The van der Waals surface area contributed by atoms with Crippen LogP contribution in [0.3, 0.4) is 0 Å². The predicted molar refractivity (Wildman–Crippen MR) is 127 cm³/mol. The number of rotatable bonds is 6. The number of hydrogen-bond acceptors (Lipinski definition) is 6. The molecule has 10 nitrogen and oxygen atoms in total. The van der Waals surface area contributed by atoms with Crippen molar-refractivity contribution in [3.8, 4) is 11.3 Å². The Balaban J connectivity index is 1.45. The van der Waals surface area contributed by atoms with Gasteiger partial charge in [0, 0.05) is 24.7 Å². The molecule has 180 valence electrons. The summed E-state index contributed by atoms with van der Waals surface area (Å²) in [6.07, 6.45) is 1.89. The van der Waals surface area contributed by atoms with Crippen molar-refractivity contribution in [2.24, 2.45) is 0 Å². The molecule has 3 aromatic rings. The third-order valence-electron chi connectivity index (χ3n) is 6.07. The zero-order valence-corrected chi connectivity index (χ0v) is 19.8. The number of benzene rings is 1. The molecule has 1 fully saturated rings. The molecule has 0 aliphatic carbocycles. The number of nitrogens with zero attached hydrogens (tertiary/aromatic N) is 5. The van der Waals surface area contributed by atoms with Gasteiger partial charge < -0.3 is 15.0 Å². The molecule has 0 radical (unpaired) electrons. The fourth-order valence-electron chi connectivity index (χ4n) is 4.16. The van der Waals surface area contributed by atoms with Crippen molar-refractivity contribution in [1.29, 1.82) is 0 Å². The topological polar surface area (TPSA) is 111 Å². The number of carbonyl (C=O) groups is 2. The molecule has 1 aliphatic rings. The van der Waals surface area contributed by atoms with Crippen LogP contribution in [-0.2, 0) is 22.5 Å². The molecule has 2 aromatic heterocycles. The van der Waals surface area contributed by atoms with E-state index in [9.17, 15) is 14.4 Å². The third kappa shape index (κ3) is 4.95. The molecule has 1 N–H and O–H groups in total. The molecule has 3 heterocycles. The Morgan fingerprint density at radius 1 is 1.12 bits per heavy atom. The summed E-state index contributed by atoms with van der Waals surface area (Å²) in [4.78, 5) is 39.2. The molecule has 34 heavy (non-hydrogen) atoms. The first-order chi connectivity index (χ1) is 16.4. The number of aromatic nitrogens is 4. The van der Waals surface area contributed by atoms with Crippen LogP contribution in [0.2, 0.25) is 0 Å². The van der Waals surface area contributed by atoms with Crippen molar-refractivity contribution in [2.45, 2.75) is 52.6 Å². The quantitative estimate of drug-likeness (QED) is 0.596. The minimum Gasteiger partial charge on any atom is -0.450 e. The number of carbonyl (C=O) groups excluding carboxylic acids is 2. The lowest BCUT2D eigenvalue weighted by Crippen LogP contribution is -2.48. The highest BCUT2D eigenvalue weighted by Gasteiger charge is 2.25. The number of aryl methyl sites for hydroxylation is 2. The van der Waals surface area contributed by atoms with Gasteiger partial charge in [-0.05, 0) is 44.7 Å². The molecule has 0 spiro atoms. The average Bonchev–Trinajstić information content (AvgIpc) is 3.29. The van der Waals surface area contributed by atoms with Crippen LogP contribution in [-0.4, -0.2) is 62.0 Å². The Hall–Kier alpha value is -3.69. The lowest BCUT2D eigenvalue weighted by molar-refractivity contribution is -0.122. The molecular weight excluding hydrogens is 436 g/mol. The Morgan fingerprint density at radius 3 is 2.47 bits per heavy atom. The number of piperidine rings is 1. The maximum atomic E-state index is 13.0. The smallest absolute Gasteiger partial charge is 0.409 e. The molecule has 1 aromatic carbocycles. The number of fused-ring (bicyclic) bond motifs is 1. The van der Waals surface area contributed by atoms with Crippen LogP contribution in [0.15, 0.2) is 35.1 Å². The van der Waals surface area contributed by atoms with E-state index in [1.807, 2.05) is 24.3 Å². The van der Waals surface area contributed by atoms with Gasteiger partial charge in [0.1, 0.15) is 17.9 Å². The van der Waals surface area contributed by atoms with Crippen molar-refractivity contribution >= 4 is 17.5 Å². The lowest BCUT2D eigenvalue weighted by Gasteiger charge is -2.31. The minimum atomic E-state index is -0.373. The van der Waals surface area contributed by atoms with Gasteiger partial charge in [0.2, 0.25) is 5.91 Å². The fourth-order valence-corrected chi connectivity index (χ4v) is 4.16. The van der Waals surface area contributed by atoms with E-state index in [2.05, 4.69) is 22.4 Å². The van der Waals surface area contributed by atoms with Gasteiger partial charge in [-0.2, -0.15) is 10.2 Å². The first-order valence-corrected chi connectivity index (χ1v) is 11.7. The number of likely N-dealkylation sites (tertiary alicyclic amines) is 1. The molecule has 2 amide bonds. The number of nitrogens with one attached hydrogen (secondary N) is 1. The van der Waals surface area contributed by atoms with Gasteiger partial charge in [-0.15, -0.1) is 0 Å². The summed E-state index contributed by atoms with van der Waals surface area (Å²) in [5.41, 5.74) is 2.82. The minimum absolute atomic E-state index is 0.0635. The molecule has 10 heteroatoms. The molecule has 0 bridgehead atoms. The molecular formula is C24H30N6O4. The molecule has 0 atom stereocenters. The van der Waals surface area contributed by atoms with Gasteiger partial charge >= 0.3 is 6.09 Å². The average molecular weight is 467 g/mol.